The minimum atomic E-state index is -0.265. The van der Waals surface area contributed by atoms with Crippen LogP contribution in [0.25, 0.3) is 10.2 Å². The van der Waals surface area contributed by atoms with Crippen molar-refractivity contribution in [1.82, 2.24) is 10.4 Å². The molecule has 1 heterocycles. The van der Waals surface area contributed by atoms with Crippen molar-refractivity contribution < 1.29 is 4.79 Å². The number of hydrogen-bond donors (Lipinski definition) is 1. The lowest BCUT2D eigenvalue weighted by Crippen LogP contribution is -2.19. The van der Waals surface area contributed by atoms with E-state index >= 15 is 0 Å². The Morgan fingerprint density at radius 2 is 1.77 bits per heavy atom. The summed E-state index contributed by atoms with van der Waals surface area (Å²) in [5, 5.41) is 13.0. The van der Waals surface area contributed by atoms with Gasteiger partial charge in [0.1, 0.15) is 0 Å². The molecule has 0 atom stereocenters. The smallest absolute Gasteiger partial charge is 0.267 e. The molecule has 1 aromatic heterocycles. The number of hydrogen-bond acceptors (Lipinski definition) is 6. The number of hydrazone groups is 1. The number of nitrogens with one attached hydrogen (secondary N) is 1. The average molecular weight is 443 g/mol. The van der Waals surface area contributed by atoms with E-state index in [9.17, 15) is 4.79 Å². The van der Waals surface area contributed by atoms with Gasteiger partial charge in [-0.3, -0.25) is 4.79 Å². The van der Waals surface area contributed by atoms with Gasteiger partial charge in [-0.1, -0.05) is 48.2 Å². The Balaban J connectivity index is 1.34. The normalized spacial score (nSPS) is 11.3. The summed E-state index contributed by atoms with van der Waals surface area (Å²) < 4.78 is 2.23. The summed E-state index contributed by atoms with van der Waals surface area (Å²) in [6, 6.07) is 24.8. The summed E-state index contributed by atoms with van der Waals surface area (Å²) >= 11 is 3.38. The highest BCUT2D eigenvalue weighted by atomic mass is 32.2. The van der Waals surface area contributed by atoms with Crippen LogP contribution in [0.15, 0.2) is 82.2 Å². The van der Waals surface area contributed by atoms with Crippen molar-refractivity contribution in [1.29, 1.82) is 5.26 Å². The molecule has 1 N–H and O–H groups in total. The molecule has 0 aliphatic carbocycles. The number of thioether (sulfide) groups is 1. The largest absolute Gasteiger partial charge is 0.271 e. The minimum Gasteiger partial charge on any atom is -0.267 e. The first kappa shape index (κ1) is 20.8. The Bertz CT molecular complexity index is 1250. The van der Waals surface area contributed by atoms with Crippen molar-refractivity contribution in [3.05, 3.63) is 95.1 Å². The van der Waals surface area contributed by atoms with E-state index in [1.807, 2.05) is 37.3 Å². The first-order chi connectivity index (χ1) is 15.1. The van der Waals surface area contributed by atoms with Crippen LogP contribution in [0.5, 0.6) is 0 Å². The van der Waals surface area contributed by atoms with Crippen molar-refractivity contribution in [2.45, 2.75) is 17.0 Å². The monoisotopic (exact) mass is 442 g/mol. The molecule has 0 bridgehead atoms. The Morgan fingerprint density at radius 3 is 2.48 bits per heavy atom. The Kier molecular flexibility index (Phi) is 6.41. The lowest BCUT2D eigenvalue weighted by Gasteiger charge is -2.05. The Hall–Kier alpha value is -3.47. The second-order valence-electron chi connectivity index (χ2n) is 6.76. The first-order valence-electron chi connectivity index (χ1n) is 9.55. The predicted molar refractivity (Wildman–Crippen MR) is 126 cm³/mol. The van der Waals surface area contributed by atoms with Crippen LogP contribution in [0.3, 0.4) is 0 Å². The van der Waals surface area contributed by atoms with E-state index in [-0.39, 0.29) is 5.91 Å². The summed E-state index contributed by atoms with van der Waals surface area (Å²) in [5.41, 5.74) is 7.39. The van der Waals surface area contributed by atoms with Gasteiger partial charge in [0.05, 0.1) is 27.6 Å². The van der Waals surface area contributed by atoms with Crippen LogP contribution >= 0.6 is 23.1 Å². The van der Waals surface area contributed by atoms with E-state index < -0.39 is 0 Å². The van der Waals surface area contributed by atoms with Crippen LogP contribution in [0.4, 0.5) is 0 Å². The minimum absolute atomic E-state index is 0.265. The van der Waals surface area contributed by atoms with Gasteiger partial charge in [-0.2, -0.15) is 10.4 Å². The van der Waals surface area contributed by atoms with Gasteiger partial charge >= 0.3 is 0 Å². The Morgan fingerprint density at radius 1 is 1.06 bits per heavy atom. The highest BCUT2D eigenvalue weighted by molar-refractivity contribution is 8.00. The molecule has 0 unspecified atom stereocenters. The second-order valence-corrected chi connectivity index (χ2v) is 9.01. The molecule has 0 spiro atoms. The molecule has 0 fully saturated rings. The molecular weight excluding hydrogens is 424 g/mol. The molecule has 0 aliphatic heterocycles. The van der Waals surface area contributed by atoms with Gasteiger partial charge in [0.25, 0.3) is 5.91 Å². The molecule has 0 saturated carbocycles. The lowest BCUT2D eigenvalue weighted by molar-refractivity contribution is 0.0955. The molecule has 0 radical (unpaired) electrons. The zero-order chi connectivity index (χ0) is 21.6. The van der Waals surface area contributed by atoms with Crippen molar-refractivity contribution >= 4 is 44.9 Å². The van der Waals surface area contributed by atoms with Crippen LogP contribution in [0, 0.1) is 11.3 Å². The van der Waals surface area contributed by atoms with E-state index in [1.165, 1.54) is 4.70 Å². The summed E-state index contributed by atoms with van der Waals surface area (Å²) in [5.74, 6) is 0.524. The number of fused-ring (bicyclic) bond motifs is 1. The average Bonchev–Trinajstić information content (AvgIpc) is 3.24. The van der Waals surface area contributed by atoms with E-state index in [4.69, 9.17) is 5.26 Å². The highest BCUT2D eigenvalue weighted by Crippen LogP contribution is 2.31. The maximum Gasteiger partial charge on any atom is 0.271 e. The molecular formula is C24H18N4OS2. The summed E-state index contributed by atoms with van der Waals surface area (Å²) in [4.78, 5) is 17.0. The molecule has 4 aromatic rings. The molecule has 4 rings (SSSR count). The first-order valence-corrected chi connectivity index (χ1v) is 11.3. The number of nitrogens with zero attached hydrogens (tertiary/aromatic N) is 3. The van der Waals surface area contributed by atoms with E-state index in [0.29, 0.717) is 16.8 Å². The zero-order valence-electron chi connectivity index (χ0n) is 16.7. The van der Waals surface area contributed by atoms with Gasteiger partial charge in [-0.25, -0.2) is 10.4 Å². The number of aromatic nitrogens is 1. The maximum atomic E-state index is 12.4. The number of carbonyl (C=O) groups is 1. The standard InChI is InChI=1S/C24H18N4OS2/c1-16(19-10-6-17(14-25)7-11-19)27-28-23(29)20-12-8-18(9-13-20)15-30-24-26-21-4-2-3-5-22(21)31-24/h2-13H,15H2,1H3,(H,28,29)/b27-16+. The number of benzene rings is 3. The topological polar surface area (TPSA) is 78.1 Å². The van der Waals surface area contributed by atoms with Crippen molar-refractivity contribution in [2.75, 3.05) is 0 Å². The van der Waals surface area contributed by atoms with Gasteiger partial charge in [0.2, 0.25) is 0 Å². The molecule has 1 amide bonds. The quantitative estimate of drug-likeness (QED) is 0.239. The van der Waals surface area contributed by atoms with Crippen LogP contribution in [0.2, 0.25) is 0 Å². The third-order valence-electron chi connectivity index (χ3n) is 4.61. The summed E-state index contributed by atoms with van der Waals surface area (Å²) in [7, 11) is 0. The number of rotatable bonds is 6. The summed E-state index contributed by atoms with van der Waals surface area (Å²) in [6.45, 7) is 1.81. The van der Waals surface area contributed by atoms with Crippen molar-refractivity contribution in [2.24, 2.45) is 5.10 Å². The zero-order valence-corrected chi connectivity index (χ0v) is 18.3. The van der Waals surface area contributed by atoms with Gasteiger partial charge in [-0.15, -0.1) is 11.3 Å². The van der Waals surface area contributed by atoms with Crippen LogP contribution in [-0.4, -0.2) is 16.6 Å². The number of para-hydroxylation sites is 1. The van der Waals surface area contributed by atoms with Crippen molar-refractivity contribution in [3.63, 3.8) is 0 Å². The fourth-order valence-corrected chi connectivity index (χ4v) is 4.88. The van der Waals surface area contributed by atoms with Gasteiger partial charge in [0, 0.05) is 11.3 Å². The third-order valence-corrected chi connectivity index (χ3v) is 6.86. The van der Waals surface area contributed by atoms with Crippen molar-refractivity contribution in [3.8, 4) is 6.07 Å². The van der Waals surface area contributed by atoms with Gasteiger partial charge in [0.15, 0.2) is 4.34 Å². The van der Waals surface area contributed by atoms with Gasteiger partial charge < -0.3 is 0 Å². The molecule has 152 valence electrons. The highest BCUT2D eigenvalue weighted by Gasteiger charge is 2.07. The van der Waals surface area contributed by atoms with E-state index in [2.05, 4.69) is 27.6 Å². The Labute approximate surface area is 188 Å². The van der Waals surface area contributed by atoms with Gasteiger partial charge in [-0.05, 0) is 54.4 Å². The predicted octanol–water partition coefficient (Wildman–Crippen LogP) is 5.61. The number of carbonyl (C=O) groups excluding carboxylic acids is 1. The third kappa shape index (κ3) is 5.18. The molecule has 0 aliphatic rings. The number of nitriles is 1. The fraction of sp³-hybridized carbons (Fsp3) is 0.0833. The molecule has 31 heavy (non-hydrogen) atoms. The molecule has 5 nitrogen and oxygen atoms in total. The molecule has 3 aromatic carbocycles. The SMILES string of the molecule is C/C(=N\NC(=O)c1ccc(CSc2nc3ccccc3s2)cc1)c1ccc(C#N)cc1. The number of amides is 1. The molecule has 7 heteroatoms. The molecule has 0 saturated heterocycles. The van der Waals surface area contributed by atoms with E-state index in [1.54, 1.807) is 59.5 Å². The van der Waals surface area contributed by atoms with Crippen LogP contribution in [0.1, 0.15) is 34.0 Å². The summed E-state index contributed by atoms with van der Waals surface area (Å²) in [6.07, 6.45) is 0. The number of thiazole rings is 1. The fourth-order valence-electron chi connectivity index (χ4n) is 2.86. The van der Waals surface area contributed by atoms with E-state index in [0.717, 1.165) is 26.7 Å². The lowest BCUT2D eigenvalue weighted by atomic mass is 10.1. The maximum absolute atomic E-state index is 12.4. The second kappa shape index (κ2) is 9.56. The van der Waals surface area contributed by atoms with Crippen LogP contribution < -0.4 is 5.43 Å². The van der Waals surface area contributed by atoms with Crippen LogP contribution in [-0.2, 0) is 5.75 Å².